The van der Waals surface area contributed by atoms with Crippen LogP contribution in [0.2, 0.25) is 0 Å². The zero-order chi connectivity index (χ0) is 11.4. The number of aliphatic hydroxyl groups is 1. The molecule has 0 fully saturated rings. The van der Waals surface area contributed by atoms with Crippen molar-refractivity contribution in [1.82, 2.24) is 4.98 Å². The first-order chi connectivity index (χ1) is 7.06. The molecule has 0 aliphatic rings. The number of pyridine rings is 1. The van der Waals surface area contributed by atoms with E-state index in [0.29, 0.717) is 16.8 Å². The first kappa shape index (κ1) is 22.8. The van der Waals surface area contributed by atoms with Gasteiger partial charge >= 0.3 is 0 Å². The zero-order valence-corrected chi connectivity index (χ0v) is 12.8. The summed E-state index contributed by atoms with van der Waals surface area (Å²) in [6.45, 7) is 1.52. The van der Waals surface area contributed by atoms with Gasteiger partial charge in [-0.15, -0.1) is 24.8 Å². The van der Waals surface area contributed by atoms with Crippen molar-refractivity contribution in [3.63, 3.8) is 0 Å². The molecule has 0 unspecified atom stereocenters. The average molecular weight is 336 g/mol. The Kier molecular flexibility index (Phi) is 13.4. The van der Waals surface area contributed by atoms with E-state index in [4.69, 9.17) is 9.84 Å². The van der Waals surface area contributed by atoms with E-state index in [1.165, 1.54) is 6.20 Å². The van der Waals surface area contributed by atoms with Gasteiger partial charge in [-0.2, -0.15) is 0 Å². The Labute approximate surface area is 128 Å². The van der Waals surface area contributed by atoms with Gasteiger partial charge in [-0.1, -0.05) is 12.6 Å². The van der Waals surface area contributed by atoms with Crippen LogP contribution >= 0.6 is 49.7 Å². The van der Waals surface area contributed by atoms with Gasteiger partial charge in [0.2, 0.25) is 4.38 Å². The van der Waals surface area contributed by atoms with Crippen molar-refractivity contribution in [3.8, 4) is 5.75 Å². The third-order valence-corrected chi connectivity index (χ3v) is 2.19. The number of aryl methyl sites for hydroxylation is 1. The van der Waals surface area contributed by atoms with Crippen molar-refractivity contribution in [2.24, 2.45) is 0 Å². The number of aromatic nitrogens is 1. The second kappa shape index (κ2) is 10.6. The lowest BCUT2D eigenvalue weighted by Gasteiger charge is -2.10. The Morgan fingerprint density at radius 2 is 2.06 bits per heavy atom. The molecule has 0 bridgehead atoms. The van der Waals surface area contributed by atoms with E-state index in [1.54, 1.807) is 6.92 Å². The molecule has 5 nitrogen and oxygen atoms in total. The van der Waals surface area contributed by atoms with Crippen LogP contribution < -0.4 is 0 Å². The molecule has 0 aromatic carbocycles. The maximum Gasteiger partial charge on any atom is 0.217 e. The smallest absolute Gasteiger partial charge is 0.217 e. The molecule has 0 aliphatic carbocycles. The number of halogens is 2. The second-order valence-electron chi connectivity index (χ2n) is 2.91. The van der Waals surface area contributed by atoms with Crippen molar-refractivity contribution in [3.05, 3.63) is 23.0 Å². The predicted molar refractivity (Wildman–Crippen MR) is 81.0 cm³/mol. The number of hydrogen-bond donors (Lipinski definition) is 3. The first-order valence-electron chi connectivity index (χ1n) is 4.19. The van der Waals surface area contributed by atoms with E-state index in [2.05, 4.69) is 29.8 Å². The number of hydrogen-bond acceptors (Lipinski definition) is 5. The summed E-state index contributed by atoms with van der Waals surface area (Å²) in [5, 5.41) is 18.7. The standard InChI is InChI=1S/C9H11NO3S2.2ClH.H2O/c1-5-8(12)7(3-11)6(2-10-5)4-13-9(14)15;;;/h2,11-12H,3-4H2,1H3,(H,14,15);2*1H;1H2. The summed E-state index contributed by atoms with van der Waals surface area (Å²) >= 11 is 8.43. The van der Waals surface area contributed by atoms with Crippen molar-refractivity contribution in [1.29, 1.82) is 0 Å². The van der Waals surface area contributed by atoms with Crippen LogP contribution in [-0.4, -0.2) is 25.1 Å². The van der Waals surface area contributed by atoms with Crippen LogP contribution in [0.3, 0.4) is 0 Å². The molecule has 0 saturated heterocycles. The maximum absolute atomic E-state index is 9.61. The number of aromatic hydroxyl groups is 1. The predicted octanol–water partition coefficient (Wildman–Crippen LogP) is 1.34. The van der Waals surface area contributed by atoms with E-state index >= 15 is 0 Å². The lowest BCUT2D eigenvalue weighted by Crippen LogP contribution is -2.02. The van der Waals surface area contributed by atoms with Crippen LogP contribution in [0.1, 0.15) is 16.8 Å². The molecular weight excluding hydrogens is 321 g/mol. The lowest BCUT2D eigenvalue weighted by molar-refractivity contribution is 0.263. The summed E-state index contributed by atoms with van der Waals surface area (Å²) in [6, 6.07) is 0. The summed E-state index contributed by atoms with van der Waals surface area (Å²) < 4.78 is 5.11. The summed E-state index contributed by atoms with van der Waals surface area (Å²) in [5.41, 5.74) is 1.47. The molecule has 1 heterocycles. The van der Waals surface area contributed by atoms with Crippen molar-refractivity contribution >= 4 is 54.0 Å². The summed E-state index contributed by atoms with van der Waals surface area (Å²) in [6.07, 6.45) is 1.53. The lowest BCUT2D eigenvalue weighted by atomic mass is 10.1. The molecule has 1 aromatic rings. The van der Waals surface area contributed by atoms with Crippen LogP contribution in [0.15, 0.2) is 6.20 Å². The molecule has 18 heavy (non-hydrogen) atoms. The minimum Gasteiger partial charge on any atom is -0.506 e. The number of thiol groups is 1. The topological polar surface area (TPSA) is 94.1 Å². The highest BCUT2D eigenvalue weighted by molar-refractivity contribution is 8.10. The van der Waals surface area contributed by atoms with Gasteiger partial charge in [0.15, 0.2) is 0 Å². The number of nitrogens with zero attached hydrogens (tertiary/aromatic N) is 1. The molecule has 0 aliphatic heterocycles. The maximum atomic E-state index is 9.61. The Morgan fingerprint density at radius 3 is 2.50 bits per heavy atom. The van der Waals surface area contributed by atoms with E-state index in [1.807, 2.05) is 0 Å². The Bertz CT molecular complexity index is 393. The highest BCUT2D eigenvalue weighted by Crippen LogP contribution is 2.24. The fourth-order valence-electron chi connectivity index (χ4n) is 1.12. The van der Waals surface area contributed by atoms with Crippen LogP contribution in [0.25, 0.3) is 0 Å². The fraction of sp³-hybridized carbons (Fsp3) is 0.333. The van der Waals surface area contributed by atoms with E-state index in [0.717, 1.165) is 0 Å². The van der Waals surface area contributed by atoms with Gasteiger partial charge in [0, 0.05) is 17.3 Å². The van der Waals surface area contributed by atoms with Gasteiger partial charge in [-0.05, 0) is 19.1 Å². The van der Waals surface area contributed by atoms with Gasteiger partial charge in [0.1, 0.15) is 12.4 Å². The molecule has 1 aromatic heterocycles. The molecule has 4 N–H and O–H groups in total. The van der Waals surface area contributed by atoms with E-state index in [-0.39, 0.29) is 53.6 Å². The van der Waals surface area contributed by atoms with Crippen molar-refractivity contribution in [2.45, 2.75) is 20.1 Å². The van der Waals surface area contributed by atoms with Gasteiger partial charge in [-0.3, -0.25) is 4.98 Å². The van der Waals surface area contributed by atoms with Gasteiger partial charge in [-0.25, -0.2) is 0 Å². The summed E-state index contributed by atoms with van der Waals surface area (Å²) in [4.78, 5) is 3.96. The van der Waals surface area contributed by atoms with Crippen molar-refractivity contribution in [2.75, 3.05) is 0 Å². The summed E-state index contributed by atoms with van der Waals surface area (Å²) in [7, 11) is 0. The molecule has 0 spiro atoms. The molecule has 106 valence electrons. The minimum absolute atomic E-state index is 0. The molecule has 0 saturated carbocycles. The monoisotopic (exact) mass is 335 g/mol. The van der Waals surface area contributed by atoms with Crippen LogP contribution in [0.4, 0.5) is 0 Å². The molecule has 9 heteroatoms. The minimum atomic E-state index is -0.271. The van der Waals surface area contributed by atoms with Gasteiger partial charge in [0.25, 0.3) is 0 Å². The Morgan fingerprint density at radius 1 is 1.50 bits per heavy atom. The summed E-state index contributed by atoms with van der Waals surface area (Å²) in [5.74, 6) is -0.0105. The van der Waals surface area contributed by atoms with Crippen LogP contribution in [-0.2, 0) is 18.0 Å². The third kappa shape index (κ3) is 6.03. The number of rotatable bonds is 3. The third-order valence-electron chi connectivity index (χ3n) is 1.94. The average Bonchev–Trinajstić information content (AvgIpc) is 2.19. The molecule has 0 atom stereocenters. The van der Waals surface area contributed by atoms with E-state index in [9.17, 15) is 5.11 Å². The highest BCUT2D eigenvalue weighted by atomic mass is 35.5. The van der Waals surface area contributed by atoms with Crippen molar-refractivity contribution < 1.29 is 20.4 Å². The van der Waals surface area contributed by atoms with Gasteiger partial charge < -0.3 is 20.4 Å². The van der Waals surface area contributed by atoms with Crippen LogP contribution in [0.5, 0.6) is 5.75 Å². The fourth-order valence-corrected chi connectivity index (χ4v) is 1.25. The van der Waals surface area contributed by atoms with E-state index < -0.39 is 0 Å². The Hall–Kier alpha value is -0.310. The number of ether oxygens (including phenoxy) is 1. The first-order valence-corrected chi connectivity index (χ1v) is 5.04. The zero-order valence-electron chi connectivity index (χ0n) is 9.41. The normalized spacial score (nSPS) is 8.39. The molecule has 1 rings (SSSR count). The van der Waals surface area contributed by atoms with Gasteiger partial charge in [0.05, 0.1) is 12.3 Å². The number of aliphatic hydroxyl groups excluding tert-OH is 1. The quantitative estimate of drug-likeness (QED) is 0.572. The molecule has 0 amide bonds. The Balaban J connectivity index is -0.000000750. The second-order valence-corrected chi connectivity index (χ2v) is 3.99. The largest absolute Gasteiger partial charge is 0.506 e. The molecular formula is C9H15Cl2NO4S2. The SMILES string of the molecule is Cc1ncc(COC(=S)S)c(CO)c1O.Cl.Cl.O. The molecule has 0 radical (unpaired) electrons. The highest BCUT2D eigenvalue weighted by Gasteiger charge is 2.11. The number of thiocarbonyl (C=S) groups is 1. The van der Waals surface area contributed by atoms with Crippen LogP contribution in [0, 0.1) is 6.92 Å².